The van der Waals surface area contributed by atoms with Crippen LogP contribution in [0.3, 0.4) is 0 Å². The van der Waals surface area contributed by atoms with Gasteiger partial charge in [0.2, 0.25) is 5.91 Å². The van der Waals surface area contributed by atoms with Crippen LogP contribution in [0.15, 0.2) is 29.4 Å². The lowest BCUT2D eigenvalue weighted by Crippen LogP contribution is -2.23. The Hall–Kier alpha value is -1.53. The van der Waals surface area contributed by atoms with E-state index in [0.717, 1.165) is 11.0 Å². The number of benzene rings is 1. The molecule has 2 aliphatic rings. The number of carbonyl (C=O) groups excluding carboxylic acids is 1. The fourth-order valence-corrected chi connectivity index (χ4v) is 3.80. The van der Waals surface area contributed by atoms with Crippen LogP contribution in [0.25, 0.3) is 0 Å². The summed E-state index contributed by atoms with van der Waals surface area (Å²) in [5.74, 6) is 1.63. The maximum atomic E-state index is 12.4. The number of halogens is 1. The lowest BCUT2D eigenvalue weighted by Gasteiger charge is -2.13. The van der Waals surface area contributed by atoms with Crippen molar-refractivity contribution in [1.29, 1.82) is 0 Å². The number of thioether (sulfide) groups is 1. The molecule has 2 aliphatic carbocycles. The normalized spacial score (nSPS) is 18.4. The van der Waals surface area contributed by atoms with Crippen molar-refractivity contribution in [2.24, 2.45) is 0 Å². The standard InChI is InChI=1S/C17H19ClN4OS/c1-10(16(23)19-13-4-2-3-12(18)9-13)24-17-21-20-15(11-5-6-11)22(17)14-7-8-14/h2-4,9-11,14H,5-8H2,1H3,(H,19,23). The van der Waals surface area contributed by atoms with Crippen molar-refractivity contribution in [1.82, 2.24) is 14.8 Å². The highest BCUT2D eigenvalue weighted by Crippen LogP contribution is 2.46. The van der Waals surface area contributed by atoms with Crippen LogP contribution < -0.4 is 5.32 Å². The first-order chi connectivity index (χ1) is 11.6. The molecule has 24 heavy (non-hydrogen) atoms. The summed E-state index contributed by atoms with van der Waals surface area (Å²) in [7, 11) is 0. The second kappa shape index (κ2) is 6.41. The Balaban J connectivity index is 1.46. The van der Waals surface area contributed by atoms with Gasteiger partial charge in [-0.25, -0.2) is 0 Å². The third kappa shape index (κ3) is 3.44. The molecule has 1 N–H and O–H groups in total. The Kier molecular flexibility index (Phi) is 4.26. The van der Waals surface area contributed by atoms with Gasteiger partial charge in [-0.3, -0.25) is 4.79 Å². The monoisotopic (exact) mass is 362 g/mol. The van der Waals surface area contributed by atoms with Crippen LogP contribution in [-0.4, -0.2) is 25.9 Å². The number of hydrogen-bond donors (Lipinski definition) is 1. The molecule has 1 aromatic carbocycles. The smallest absolute Gasteiger partial charge is 0.237 e. The number of nitrogens with zero attached hydrogens (tertiary/aromatic N) is 3. The number of amides is 1. The second-order valence-corrected chi connectivity index (χ2v) is 8.22. The maximum Gasteiger partial charge on any atom is 0.237 e. The first-order valence-corrected chi connectivity index (χ1v) is 9.55. The molecule has 1 unspecified atom stereocenters. The number of hydrogen-bond acceptors (Lipinski definition) is 4. The molecular weight excluding hydrogens is 344 g/mol. The number of aromatic nitrogens is 3. The molecule has 2 aromatic rings. The van der Waals surface area contributed by atoms with Gasteiger partial charge < -0.3 is 9.88 Å². The Morgan fingerprint density at radius 2 is 2.12 bits per heavy atom. The summed E-state index contributed by atoms with van der Waals surface area (Å²) in [5, 5.41) is 12.9. The summed E-state index contributed by atoms with van der Waals surface area (Å²) in [6.45, 7) is 1.90. The summed E-state index contributed by atoms with van der Waals surface area (Å²) in [6, 6.07) is 7.71. The molecule has 2 fully saturated rings. The van der Waals surface area contributed by atoms with Gasteiger partial charge in [0.05, 0.1) is 5.25 Å². The predicted octanol–water partition coefficient (Wildman–Crippen LogP) is 4.26. The highest BCUT2D eigenvalue weighted by Gasteiger charge is 2.37. The summed E-state index contributed by atoms with van der Waals surface area (Å²) >= 11 is 7.44. The Morgan fingerprint density at radius 1 is 1.33 bits per heavy atom. The number of rotatable bonds is 6. The van der Waals surface area contributed by atoms with Gasteiger partial charge >= 0.3 is 0 Å². The molecule has 1 amide bonds. The van der Waals surface area contributed by atoms with E-state index in [0.29, 0.717) is 22.7 Å². The van der Waals surface area contributed by atoms with Crippen LogP contribution in [0.1, 0.15) is 50.4 Å². The van der Waals surface area contributed by atoms with Gasteiger partial charge in [-0.1, -0.05) is 29.4 Å². The Bertz CT molecular complexity index is 770. The van der Waals surface area contributed by atoms with Crippen LogP contribution in [0.2, 0.25) is 5.02 Å². The van der Waals surface area contributed by atoms with Crippen molar-refractivity contribution in [3.63, 3.8) is 0 Å². The molecule has 2 saturated carbocycles. The van der Waals surface area contributed by atoms with Crippen LogP contribution in [-0.2, 0) is 4.79 Å². The van der Waals surface area contributed by atoms with Gasteiger partial charge in [-0.05, 0) is 50.8 Å². The molecule has 0 bridgehead atoms. The van der Waals surface area contributed by atoms with E-state index in [4.69, 9.17) is 11.6 Å². The minimum atomic E-state index is -0.252. The summed E-state index contributed by atoms with van der Waals surface area (Å²) in [5.41, 5.74) is 0.710. The molecule has 0 spiro atoms. The van der Waals surface area contributed by atoms with Gasteiger partial charge in [0.25, 0.3) is 0 Å². The largest absolute Gasteiger partial charge is 0.325 e. The molecular formula is C17H19ClN4OS. The summed E-state index contributed by atoms with van der Waals surface area (Å²) in [4.78, 5) is 12.4. The topological polar surface area (TPSA) is 59.8 Å². The zero-order valence-electron chi connectivity index (χ0n) is 13.4. The number of carbonyl (C=O) groups is 1. The molecule has 7 heteroatoms. The molecule has 0 radical (unpaired) electrons. The molecule has 1 atom stereocenters. The fraction of sp³-hybridized carbons (Fsp3) is 0.471. The summed E-state index contributed by atoms with van der Waals surface area (Å²) in [6.07, 6.45) is 4.80. The van der Waals surface area contributed by atoms with Gasteiger partial charge in [0.1, 0.15) is 5.82 Å². The molecule has 1 aromatic heterocycles. The third-order valence-electron chi connectivity index (χ3n) is 4.29. The highest BCUT2D eigenvalue weighted by atomic mass is 35.5. The highest BCUT2D eigenvalue weighted by molar-refractivity contribution is 8.00. The van der Waals surface area contributed by atoms with E-state index in [1.54, 1.807) is 12.1 Å². The van der Waals surface area contributed by atoms with E-state index in [-0.39, 0.29) is 11.2 Å². The van der Waals surface area contributed by atoms with Crippen LogP contribution in [0.5, 0.6) is 0 Å². The molecule has 4 rings (SSSR count). The first kappa shape index (κ1) is 16.0. The summed E-state index contributed by atoms with van der Waals surface area (Å²) < 4.78 is 2.27. The SMILES string of the molecule is CC(Sc1nnc(C2CC2)n1C1CC1)C(=O)Nc1cccc(Cl)c1. The van der Waals surface area contributed by atoms with E-state index in [2.05, 4.69) is 20.1 Å². The van der Waals surface area contributed by atoms with E-state index >= 15 is 0 Å². The average molecular weight is 363 g/mol. The number of nitrogens with one attached hydrogen (secondary N) is 1. The van der Waals surface area contributed by atoms with Gasteiger partial charge in [-0.15, -0.1) is 10.2 Å². The van der Waals surface area contributed by atoms with Crippen LogP contribution >= 0.6 is 23.4 Å². The van der Waals surface area contributed by atoms with Crippen molar-refractivity contribution in [2.45, 2.75) is 55.0 Å². The lowest BCUT2D eigenvalue weighted by atomic mass is 10.3. The molecule has 0 saturated heterocycles. The van der Waals surface area contributed by atoms with E-state index in [9.17, 15) is 4.79 Å². The predicted molar refractivity (Wildman–Crippen MR) is 95.7 cm³/mol. The maximum absolute atomic E-state index is 12.4. The van der Waals surface area contributed by atoms with Crippen molar-refractivity contribution in [3.05, 3.63) is 35.1 Å². The molecule has 5 nitrogen and oxygen atoms in total. The lowest BCUT2D eigenvalue weighted by molar-refractivity contribution is -0.115. The fourth-order valence-electron chi connectivity index (χ4n) is 2.69. The van der Waals surface area contributed by atoms with Crippen LogP contribution in [0, 0.1) is 0 Å². The first-order valence-electron chi connectivity index (χ1n) is 8.29. The third-order valence-corrected chi connectivity index (χ3v) is 5.58. The molecule has 0 aliphatic heterocycles. The van der Waals surface area contributed by atoms with Crippen molar-refractivity contribution in [2.75, 3.05) is 5.32 Å². The quantitative estimate of drug-likeness (QED) is 0.780. The number of anilines is 1. The Labute approximate surface area is 150 Å². The second-order valence-electron chi connectivity index (χ2n) is 6.48. The van der Waals surface area contributed by atoms with E-state index in [1.165, 1.54) is 37.4 Å². The minimum absolute atomic E-state index is 0.0550. The minimum Gasteiger partial charge on any atom is -0.325 e. The van der Waals surface area contributed by atoms with Crippen molar-refractivity contribution in [3.8, 4) is 0 Å². The van der Waals surface area contributed by atoms with Gasteiger partial charge in [0.15, 0.2) is 5.16 Å². The van der Waals surface area contributed by atoms with E-state index in [1.807, 2.05) is 19.1 Å². The zero-order valence-corrected chi connectivity index (χ0v) is 15.0. The average Bonchev–Trinajstić information content (AvgIpc) is 3.46. The Morgan fingerprint density at radius 3 is 2.79 bits per heavy atom. The zero-order chi connectivity index (χ0) is 16.7. The van der Waals surface area contributed by atoms with E-state index < -0.39 is 0 Å². The molecule has 1 heterocycles. The van der Waals surface area contributed by atoms with Gasteiger partial charge in [-0.2, -0.15) is 0 Å². The van der Waals surface area contributed by atoms with Crippen molar-refractivity contribution < 1.29 is 4.79 Å². The van der Waals surface area contributed by atoms with Crippen LogP contribution in [0.4, 0.5) is 5.69 Å². The van der Waals surface area contributed by atoms with Crippen molar-refractivity contribution >= 4 is 35.0 Å². The molecule has 126 valence electrons. The van der Waals surface area contributed by atoms with Gasteiger partial charge in [0, 0.05) is 22.7 Å².